The largest absolute Gasteiger partial charge is 0.388 e. The number of hydrogen-bond donors (Lipinski definition) is 1. The SMILES string of the molecule is Cc1cc2c(n1CC1CC=CCC1)CCCC2O. The quantitative estimate of drug-likeness (QED) is 0.792. The molecule has 98 valence electrons. The highest BCUT2D eigenvalue weighted by molar-refractivity contribution is 5.31. The lowest BCUT2D eigenvalue weighted by molar-refractivity contribution is 0.155. The van der Waals surface area contributed by atoms with Crippen LogP contribution in [0.5, 0.6) is 0 Å². The maximum atomic E-state index is 10.1. The van der Waals surface area contributed by atoms with Gasteiger partial charge in [0, 0.05) is 23.5 Å². The average molecular weight is 245 g/mol. The van der Waals surface area contributed by atoms with E-state index in [-0.39, 0.29) is 6.10 Å². The molecule has 2 aliphatic carbocycles. The third-order valence-corrected chi connectivity index (χ3v) is 4.52. The predicted octanol–water partition coefficient (Wildman–Crippen LogP) is 3.52. The lowest BCUT2D eigenvalue weighted by atomic mass is 9.93. The Labute approximate surface area is 109 Å². The monoisotopic (exact) mass is 245 g/mol. The first kappa shape index (κ1) is 12.0. The van der Waals surface area contributed by atoms with Crippen molar-refractivity contribution in [3.05, 3.63) is 35.2 Å². The molecule has 1 aromatic heterocycles. The number of aliphatic hydroxyl groups is 1. The Bertz CT molecular complexity index is 458. The van der Waals surface area contributed by atoms with Crippen molar-refractivity contribution in [2.75, 3.05) is 0 Å². The van der Waals surface area contributed by atoms with Gasteiger partial charge in [-0.2, -0.15) is 0 Å². The molecule has 2 atom stereocenters. The van der Waals surface area contributed by atoms with Crippen LogP contribution in [-0.4, -0.2) is 9.67 Å². The minimum Gasteiger partial charge on any atom is -0.388 e. The van der Waals surface area contributed by atoms with E-state index in [2.05, 4.69) is 29.7 Å². The third-order valence-electron chi connectivity index (χ3n) is 4.52. The van der Waals surface area contributed by atoms with Crippen LogP contribution in [0.4, 0.5) is 0 Å². The van der Waals surface area contributed by atoms with Crippen molar-refractivity contribution in [3.8, 4) is 0 Å². The van der Waals surface area contributed by atoms with Gasteiger partial charge in [0.15, 0.2) is 0 Å². The fraction of sp³-hybridized carbons (Fsp3) is 0.625. The Morgan fingerprint density at radius 1 is 1.33 bits per heavy atom. The van der Waals surface area contributed by atoms with Gasteiger partial charge in [-0.3, -0.25) is 0 Å². The number of hydrogen-bond acceptors (Lipinski definition) is 1. The van der Waals surface area contributed by atoms with Gasteiger partial charge in [-0.1, -0.05) is 12.2 Å². The highest BCUT2D eigenvalue weighted by Crippen LogP contribution is 2.33. The van der Waals surface area contributed by atoms with Gasteiger partial charge in [0.05, 0.1) is 6.10 Å². The second-order valence-corrected chi connectivity index (χ2v) is 5.86. The normalized spacial score (nSPS) is 27.2. The van der Waals surface area contributed by atoms with Gasteiger partial charge < -0.3 is 9.67 Å². The van der Waals surface area contributed by atoms with Crippen molar-refractivity contribution in [1.29, 1.82) is 0 Å². The minimum atomic E-state index is -0.222. The number of aliphatic hydroxyl groups excluding tert-OH is 1. The lowest BCUT2D eigenvalue weighted by Crippen LogP contribution is -2.17. The summed E-state index contributed by atoms with van der Waals surface area (Å²) in [6, 6.07) is 2.21. The van der Waals surface area contributed by atoms with Gasteiger partial charge in [-0.15, -0.1) is 0 Å². The maximum absolute atomic E-state index is 10.1. The smallest absolute Gasteiger partial charge is 0.0807 e. The lowest BCUT2D eigenvalue weighted by Gasteiger charge is -2.24. The van der Waals surface area contributed by atoms with E-state index < -0.39 is 0 Å². The zero-order valence-corrected chi connectivity index (χ0v) is 11.2. The first-order valence-electron chi connectivity index (χ1n) is 7.27. The molecule has 1 aromatic rings. The number of aryl methyl sites for hydroxylation is 1. The van der Waals surface area contributed by atoms with Crippen LogP contribution in [0.2, 0.25) is 0 Å². The molecule has 0 fully saturated rings. The van der Waals surface area contributed by atoms with E-state index in [4.69, 9.17) is 0 Å². The van der Waals surface area contributed by atoms with Gasteiger partial charge in [0.1, 0.15) is 0 Å². The molecule has 0 aromatic carbocycles. The molecule has 0 bridgehead atoms. The summed E-state index contributed by atoms with van der Waals surface area (Å²) in [6.07, 6.45) is 11.4. The molecule has 2 nitrogen and oxygen atoms in total. The van der Waals surface area contributed by atoms with E-state index in [0.717, 1.165) is 31.7 Å². The third kappa shape index (κ3) is 2.14. The average Bonchev–Trinajstić information content (AvgIpc) is 2.70. The van der Waals surface area contributed by atoms with E-state index in [9.17, 15) is 5.11 Å². The van der Waals surface area contributed by atoms with E-state index >= 15 is 0 Å². The number of rotatable bonds is 2. The standard InChI is InChI=1S/C16H23NO/c1-12-10-14-15(8-5-9-16(14)18)17(12)11-13-6-3-2-4-7-13/h2-3,10,13,16,18H,4-9,11H2,1H3. The predicted molar refractivity (Wildman–Crippen MR) is 73.5 cm³/mol. The van der Waals surface area contributed by atoms with Gasteiger partial charge >= 0.3 is 0 Å². The zero-order valence-electron chi connectivity index (χ0n) is 11.2. The fourth-order valence-corrected chi connectivity index (χ4v) is 3.48. The maximum Gasteiger partial charge on any atom is 0.0807 e. The first-order valence-corrected chi connectivity index (χ1v) is 7.27. The summed E-state index contributed by atoms with van der Waals surface area (Å²) in [7, 11) is 0. The number of aromatic nitrogens is 1. The minimum absolute atomic E-state index is 0.222. The van der Waals surface area contributed by atoms with Crippen LogP contribution >= 0.6 is 0 Å². The van der Waals surface area contributed by atoms with Crippen molar-refractivity contribution >= 4 is 0 Å². The summed E-state index contributed by atoms with van der Waals surface area (Å²) >= 11 is 0. The molecule has 3 rings (SSSR count). The summed E-state index contributed by atoms with van der Waals surface area (Å²) in [4.78, 5) is 0. The summed E-state index contributed by atoms with van der Waals surface area (Å²) in [6.45, 7) is 3.32. The van der Waals surface area contributed by atoms with Crippen LogP contribution in [0, 0.1) is 12.8 Å². The Morgan fingerprint density at radius 3 is 3.00 bits per heavy atom. The van der Waals surface area contributed by atoms with Gasteiger partial charge in [-0.05, 0) is 57.4 Å². The second-order valence-electron chi connectivity index (χ2n) is 5.86. The molecule has 1 N–H and O–H groups in total. The number of nitrogens with zero attached hydrogens (tertiary/aromatic N) is 1. The fourth-order valence-electron chi connectivity index (χ4n) is 3.48. The van der Waals surface area contributed by atoms with E-state index in [0.29, 0.717) is 0 Å². The van der Waals surface area contributed by atoms with Crippen molar-refractivity contribution in [2.24, 2.45) is 5.92 Å². The van der Waals surface area contributed by atoms with Crippen molar-refractivity contribution in [2.45, 2.75) is 58.1 Å². The Morgan fingerprint density at radius 2 is 2.22 bits per heavy atom. The van der Waals surface area contributed by atoms with Crippen LogP contribution in [0.3, 0.4) is 0 Å². The summed E-state index contributed by atoms with van der Waals surface area (Å²) in [5.74, 6) is 0.782. The molecule has 18 heavy (non-hydrogen) atoms. The molecule has 0 aliphatic heterocycles. The van der Waals surface area contributed by atoms with Crippen LogP contribution in [-0.2, 0) is 13.0 Å². The summed E-state index contributed by atoms with van der Waals surface area (Å²) in [5, 5.41) is 10.1. The molecule has 2 unspecified atom stereocenters. The Kier molecular flexibility index (Phi) is 3.29. The zero-order chi connectivity index (χ0) is 12.5. The van der Waals surface area contributed by atoms with Gasteiger partial charge in [0.25, 0.3) is 0 Å². The second kappa shape index (κ2) is 4.93. The van der Waals surface area contributed by atoms with Crippen molar-refractivity contribution in [3.63, 3.8) is 0 Å². The highest BCUT2D eigenvalue weighted by atomic mass is 16.3. The van der Waals surface area contributed by atoms with Crippen LogP contribution in [0.25, 0.3) is 0 Å². The first-order chi connectivity index (χ1) is 8.75. The van der Waals surface area contributed by atoms with Crippen molar-refractivity contribution < 1.29 is 5.11 Å². The van der Waals surface area contributed by atoms with E-state index in [1.165, 1.54) is 36.2 Å². The molecule has 0 spiro atoms. The highest BCUT2D eigenvalue weighted by Gasteiger charge is 2.24. The van der Waals surface area contributed by atoms with Crippen LogP contribution in [0.1, 0.15) is 55.2 Å². The van der Waals surface area contributed by atoms with E-state index in [1.807, 2.05) is 0 Å². The Hall–Kier alpha value is -1.02. The Balaban J connectivity index is 1.85. The van der Waals surface area contributed by atoms with E-state index in [1.54, 1.807) is 0 Å². The molecule has 0 saturated carbocycles. The van der Waals surface area contributed by atoms with Crippen molar-refractivity contribution in [1.82, 2.24) is 4.57 Å². The molecule has 2 heteroatoms. The summed E-state index contributed by atoms with van der Waals surface area (Å²) in [5.41, 5.74) is 3.93. The number of allylic oxidation sites excluding steroid dienone is 2. The molecule has 0 radical (unpaired) electrons. The number of fused-ring (bicyclic) bond motifs is 1. The van der Waals surface area contributed by atoms with Crippen LogP contribution in [0.15, 0.2) is 18.2 Å². The summed E-state index contributed by atoms with van der Waals surface area (Å²) < 4.78 is 2.47. The molecule has 1 heterocycles. The molecule has 2 aliphatic rings. The molecular formula is C16H23NO. The van der Waals surface area contributed by atoms with Gasteiger partial charge in [0.2, 0.25) is 0 Å². The molecular weight excluding hydrogens is 222 g/mol. The molecule has 0 saturated heterocycles. The van der Waals surface area contributed by atoms with Crippen LogP contribution < -0.4 is 0 Å². The molecule has 0 amide bonds. The van der Waals surface area contributed by atoms with Gasteiger partial charge in [-0.25, -0.2) is 0 Å². The topological polar surface area (TPSA) is 25.2 Å².